The molecule has 2 aromatic carbocycles. The molecule has 21 heavy (non-hydrogen) atoms. The number of carboxylic acid groups (broad SMARTS) is 1. The first kappa shape index (κ1) is 14.1. The van der Waals surface area contributed by atoms with Crippen molar-refractivity contribution in [2.75, 3.05) is 11.4 Å². The van der Waals surface area contributed by atoms with Crippen LogP contribution in [-0.2, 0) is 11.3 Å². The standard InChI is InChI=1S/C16H13BrFNO2/c17-13-7-10(5-6-14(13)18)8-19-9-12(16(20)21)11-3-1-2-4-15(11)19/h1-7,12H,8-9H2,(H,20,21). The number of nitrogens with zero attached hydrogens (tertiary/aromatic N) is 1. The van der Waals surface area contributed by atoms with E-state index < -0.39 is 11.9 Å². The van der Waals surface area contributed by atoms with Gasteiger partial charge >= 0.3 is 5.97 Å². The second-order valence-electron chi connectivity index (χ2n) is 5.08. The van der Waals surface area contributed by atoms with Crippen molar-refractivity contribution in [2.24, 2.45) is 0 Å². The predicted molar refractivity (Wildman–Crippen MR) is 82.0 cm³/mol. The van der Waals surface area contributed by atoms with E-state index in [4.69, 9.17) is 0 Å². The highest BCUT2D eigenvalue weighted by Crippen LogP contribution is 2.37. The Kier molecular flexibility index (Phi) is 3.68. The lowest BCUT2D eigenvalue weighted by Crippen LogP contribution is -2.24. The van der Waals surface area contributed by atoms with Gasteiger partial charge in [0.15, 0.2) is 0 Å². The minimum Gasteiger partial charge on any atom is -0.481 e. The van der Waals surface area contributed by atoms with Crippen molar-refractivity contribution in [1.29, 1.82) is 0 Å². The molecule has 0 spiro atoms. The third-order valence-corrected chi connectivity index (χ3v) is 4.32. The van der Waals surface area contributed by atoms with Crippen molar-refractivity contribution < 1.29 is 14.3 Å². The van der Waals surface area contributed by atoms with Crippen molar-refractivity contribution in [1.82, 2.24) is 0 Å². The van der Waals surface area contributed by atoms with Crippen molar-refractivity contribution in [3.05, 3.63) is 63.9 Å². The van der Waals surface area contributed by atoms with Gasteiger partial charge in [0.2, 0.25) is 0 Å². The molecule has 0 aromatic heterocycles. The number of benzene rings is 2. The molecule has 1 aliphatic rings. The van der Waals surface area contributed by atoms with E-state index in [1.165, 1.54) is 6.07 Å². The summed E-state index contributed by atoms with van der Waals surface area (Å²) in [5.41, 5.74) is 2.71. The van der Waals surface area contributed by atoms with Gasteiger partial charge in [0.1, 0.15) is 11.7 Å². The Hall–Kier alpha value is -1.88. The molecule has 0 bridgehead atoms. The summed E-state index contributed by atoms with van der Waals surface area (Å²) >= 11 is 3.17. The lowest BCUT2D eigenvalue weighted by Gasteiger charge is -2.19. The molecule has 0 aliphatic carbocycles. The zero-order valence-electron chi connectivity index (χ0n) is 11.1. The molecule has 0 saturated heterocycles. The van der Waals surface area contributed by atoms with Crippen LogP contribution in [-0.4, -0.2) is 17.6 Å². The number of anilines is 1. The van der Waals surface area contributed by atoms with E-state index in [0.717, 1.165) is 16.8 Å². The number of rotatable bonds is 3. The number of hydrogen-bond donors (Lipinski definition) is 1. The predicted octanol–water partition coefficient (Wildman–Crippen LogP) is 3.78. The number of carbonyl (C=O) groups is 1. The van der Waals surface area contributed by atoms with Gasteiger partial charge in [0.05, 0.1) is 4.47 Å². The molecule has 1 unspecified atom stereocenters. The molecule has 3 rings (SSSR count). The molecule has 1 atom stereocenters. The van der Waals surface area contributed by atoms with Crippen LogP contribution < -0.4 is 4.90 Å². The van der Waals surface area contributed by atoms with Crippen LogP contribution in [0.3, 0.4) is 0 Å². The summed E-state index contributed by atoms with van der Waals surface area (Å²) in [6, 6.07) is 12.4. The van der Waals surface area contributed by atoms with E-state index in [9.17, 15) is 14.3 Å². The zero-order valence-corrected chi connectivity index (χ0v) is 12.7. The average molecular weight is 350 g/mol. The SMILES string of the molecule is O=C(O)C1CN(Cc2ccc(F)c(Br)c2)c2ccccc21. The summed E-state index contributed by atoms with van der Waals surface area (Å²) in [5.74, 6) is -1.63. The highest BCUT2D eigenvalue weighted by atomic mass is 79.9. The molecular weight excluding hydrogens is 337 g/mol. The van der Waals surface area contributed by atoms with Crippen molar-refractivity contribution in [3.8, 4) is 0 Å². The largest absolute Gasteiger partial charge is 0.481 e. The van der Waals surface area contributed by atoms with Crippen LogP contribution in [0.2, 0.25) is 0 Å². The van der Waals surface area contributed by atoms with Crippen LogP contribution in [0.15, 0.2) is 46.9 Å². The average Bonchev–Trinajstić information content (AvgIpc) is 2.82. The fourth-order valence-electron chi connectivity index (χ4n) is 2.71. The van der Waals surface area contributed by atoms with E-state index in [1.807, 2.05) is 29.2 Å². The summed E-state index contributed by atoms with van der Waals surface area (Å²) in [5, 5.41) is 9.34. The Balaban J connectivity index is 1.90. The van der Waals surface area contributed by atoms with Crippen LogP contribution in [0.4, 0.5) is 10.1 Å². The Bertz CT molecular complexity index is 704. The lowest BCUT2D eigenvalue weighted by molar-refractivity contribution is -0.138. The summed E-state index contributed by atoms with van der Waals surface area (Å²) in [6.45, 7) is 0.989. The van der Waals surface area contributed by atoms with E-state index in [2.05, 4.69) is 15.9 Å². The van der Waals surface area contributed by atoms with E-state index >= 15 is 0 Å². The minimum atomic E-state index is -0.815. The number of carboxylic acids is 1. The minimum absolute atomic E-state index is 0.302. The molecule has 1 N–H and O–H groups in total. The molecule has 0 saturated carbocycles. The lowest BCUT2D eigenvalue weighted by atomic mass is 10.0. The topological polar surface area (TPSA) is 40.5 Å². The molecule has 5 heteroatoms. The van der Waals surface area contributed by atoms with Gasteiger partial charge in [-0.2, -0.15) is 0 Å². The maximum Gasteiger partial charge on any atom is 0.312 e. The molecule has 0 amide bonds. The highest BCUT2D eigenvalue weighted by Gasteiger charge is 2.33. The second kappa shape index (κ2) is 5.48. The smallest absolute Gasteiger partial charge is 0.312 e. The Labute approximate surface area is 130 Å². The molecule has 108 valence electrons. The van der Waals surface area contributed by atoms with E-state index in [0.29, 0.717) is 17.6 Å². The van der Waals surface area contributed by atoms with E-state index in [1.54, 1.807) is 12.1 Å². The van der Waals surface area contributed by atoms with Gasteiger partial charge in [-0.1, -0.05) is 24.3 Å². The van der Waals surface area contributed by atoms with Gasteiger partial charge in [-0.25, -0.2) is 4.39 Å². The van der Waals surface area contributed by atoms with Gasteiger partial charge in [-0.3, -0.25) is 4.79 Å². The number of para-hydroxylation sites is 1. The Morgan fingerprint density at radius 2 is 2.10 bits per heavy atom. The number of fused-ring (bicyclic) bond motifs is 1. The fourth-order valence-corrected chi connectivity index (χ4v) is 3.13. The first-order valence-electron chi connectivity index (χ1n) is 6.57. The Morgan fingerprint density at radius 1 is 1.33 bits per heavy atom. The van der Waals surface area contributed by atoms with Crippen LogP contribution in [0.5, 0.6) is 0 Å². The molecule has 0 fully saturated rings. The van der Waals surface area contributed by atoms with Gasteiger partial charge in [0, 0.05) is 18.8 Å². The normalized spacial score (nSPS) is 16.9. The maximum absolute atomic E-state index is 13.3. The second-order valence-corrected chi connectivity index (χ2v) is 5.93. The van der Waals surface area contributed by atoms with Crippen molar-refractivity contribution in [3.63, 3.8) is 0 Å². The van der Waals surface area contributed by atoms with Crippen LogP contribution in [0.25, 0.3) is 0 Å². The number of halogens is 2. The first-order chi connectivity index (χ1) is 10.1. The third-order valence-electron chi connectivity index (χ3n) is 3.71. The van der Waals surface area contributed by atoms with Crippen LogP contribution in [0, 0.1) is 5.82 Å². The fraction of sp³-hybridized carbons (Fsp3) is 0.188. The van der Waals surface area contributed by atoms with Gasteiger partial charge in [-0.15, -0.1) is 0 Å². The van der Waals surface area contributed by atoms with Gasteiger partial charge < -0.3 is 10.0 Å². The van der Waals surface area contributed by atoms with Gasteiger partial charge in [-0.05, 0) is 45.3 Å². The summed E-state index contributed by atoms with van der Waals surface area (Å²) < 4.78 is 13.7. The Morgan fingerprint density at radius 3 is 2.81 bits per heavy atom. The molecule has 3 nitrogen and oxygen atoms in total. The van der Waals surface area contributed by atoms with Crippen molar-refractivity contribution >= 4 is 27.6 Å². The van der Waals surface area contributed by atoms with Crippen LogP contribution >= 0.6 is 15.9 Å². The maximum atomic E-state index is 13.3. The summed E-state index contributed by atoms with van der Waals surface area (Å²) in [4.78, 5) is 13.4. The van der Waals surface area contributed by atoms with Crippen LogP contribution in [0.1, 0.15) is 17.0 Å². The molecule has 1 heterocycles. The summed E-state index contributed by atoms with van der Waals surface area (Å²) in [6.07, 6.45) is 0. The molecule has 2 aromatic rings. The number of hydrogen-bond acceptors (Lipinski definition) is 2. The molecule has 0 radical (unpaired) electrons. The monoisotopic (exact) mass is 349 g/mol. The molecule has 1 aliphatic heterocycles. The highest BCUT2D eigenvalue weighted by molar-refractivity contribution is 9.10. The summed E-state index contributed by atoms with van der Waals surface area (Å²) in [7, 11) is 0. The third kappa shape index (κ3) is 2.65. The van der Waals surface area contributed by atoms with E-state index in [-0.39, 0.29) is 5.82 Å². The quantitative estimate of drug-likeness (QED) is 0.916. The molecular formula is C16H13BrFNO2. The van der Waals surface area contributed by atoms with Gasteiger partial charge in [0.25, 0.3) is 0 Å². The van der Waals surface area contributed by atoms with Crippen molar-refractivity contribution in [2.45, 2.75) is 12.5 Å². The zero-order chi connectivity index (χ0) is 15.0. The number of aliphatic carboxylic acids is 1. The first-order valence-corrected chi connectivity index (χ1v) is 7.36.